The Hall–Kier alpha value is -0.850. The summed E-state index contributed by atoms with van der Waals surface area (Å²) in [6.07, 6.45) is 4.79. The van der Waals surface area contributed by atoms with Crippen molar-refractivity contribution in [2.45, 2.75) is 13.0 Å². The van der Waals surface area contributed by atoms with Crippen LogP contribution in [-0.2, 0) is 20.0 Å². The van der Waals surface area contributed by atoms with E-state index in [1.807, 2.05) is 40.9 Å². The average molecular weight is 302 g/mol. The zero-order chi connectivity index (χ0) is 9.97. The van der Waals surface area contributed by atoms with Crippen LogP contribution in [0.4, 0.5) is 0 Å². The highest BCUT2D eigenvalue weighted by Gasteiger charge is 1.99. The van der Waals surface area contributed by atoms with Crippen molar-refractivity contribution in [1.82, 2.24) is 19.6 Å². The van der Waals surface area contributed by atoms with Crippen LogP contribution in [0, 0.1) is 3.70 Å². The summed E-state index contributed by atoms with van der Waals surface area (Å²) >= 11 is 2.21. The third-order valence-corrected chi connectivity index (χ3v) is 2.70. The minimum Gasteiger partial charge on any atom is -0.273 e. The molecule has 5 heteroatoms. The normalized spacial score (nSPS) is 10.7. The second-order valence-electron chi connectivity index (χ2n) is 3.10. The molecule has 2 aromatic heterocycles. The number of halogens is 1. The summed E-state index contributed by atoms with van der Waals surface area (Å²) in [5.74, 6) is 0. The number of nitrogens with zero attached hydrogens (tertiary/aromatic N) is 4. The van der Waals surface area contributed by atoms with E-state index in [4.69, 9.17) is 0 Å². The molecule has 14 heavy (non-hydrogen) atoms. The summed E-state index contributed by atoms with van der Waals surface area (Å²) in [5, 5.41) is 8.43. The van der Waals surface area contributed by atoms with Crippen LogP contribution in [-0.4, -0.2) is 19.6 Å². The second-order valence-corrected chi connectivity index (χ2v) is 4.20. The molecule has 0 aliphatic heterocycles. The zero-order valence-corrected chi connectivity index (χ0v) is 10.0. The molecule has 0 radical (unpaired) electrons. The van der Waals surface area contributed by atoms with Crippen molar-refractivity contribution in [1.29, 1.82) is 0 Å². The highest BCUT2D eigenvalue weighted by atomic mass is 127. The molecule has 0 aliphatic rings. The highest BCUT2D eigenvalue weighted by Crippen LogP contribution is 2.02. The molecule has 74 valence electrons. The fourth-order valence-corrected chi connectivity index (χ4v) is 1.78. The van der Waals surface area contributed by atoms with Gasteiger partial charge in [0.05, 0.1) is 0 Å². The molecule has 0 atom stereocenters. The molecular formula is C9H11IN4. The van der Waals surface area contributed by atoms with E-state index >= 15 is 0 Å². The Kier molecular flexibility index (Phi) is 2.85. The smallest absolute Gasteiger partial charge is 0.123 e. The van der Waals surface area contributed by atoms with Crippen LogP contribution in [0.2, 0.25) is 0 Å². The molecule has 0 fully saturated rings. The van der Waals surface area contributed by atoms with E-state index in [-0.39, 0.29) is 0 Å². The minimum absolute atomic E-state index is 0.905. The summed E-state index contributed by atoms with van der Waals surface area (Å²) in [7, 11) is 1.96. The van der Waals surface area contributed by atoms with Gasteiger partial charge >= 0.3 is 0 Å². The standard InChI is InChI=1S/C9H11IN4/c1-13-8(2-5-11-13)3-6-14-7-4-9(10)12-14/h2,4-5,7H,3,6H2,1H3. The van der Waals surface area contributed by atoms with E-state index in [2.05, 4.69) is 32.8 Å². The molecule has 4 nitrogen and oxygen atoms in total. The second kappa shape index (κ2) is 4.12. The summed E-state index contributed by atoms with van der Waals surface area (Å²) in [6, 6.07) is 4.04. The lowest BCUT2D eigenvalue weighted by Gasteiger charge is -2.01. The van der Waals surface area contributed by atoms with E-state index in [0.717, 1.165) is 16.7 Å². The summed E-state index contributed by atoms with van der Waals surface area (Å²) in [6.45, 7) is 0.905. The van der Waals surface area contributed by atoms with Crippen molar-refractivity contribution in [3.05, 3.63) is 33.9 Å². The molecule has 0 spiro atoms. The molecule has 2 aromatic rings. The van der Waals surface area contributed by atoms with Crippen molar-refractivity contribution in [2.24, 2.45) is 7.05 Å². The average Bonchev–Trinajstić information content (AvgIpc) is 2.72. The van der Waals surface area contributed by atoms with Gasteiger partial charge in [-0.3, -0.25) is 9.36 Å². The Bertz CT molecular complexity index is 418. The Labute approximate surface area is 96.1 Å². The molecule has 0 aromatic carbocycles. The first-order valence-corrected chi connectivity index (χ1v) is 5.49. The van der Waals surface area contributed by atoms with Gasteiger partial charge in [0.25, 0.3) is 0 Å². The summed E-state index contributed by atoms with van der Waals surface area (Å²) in [4.78, 5) is 0. The van der Waals surface area contributed by atoms with Crippen LogP contribution in [0.1, 0.15) is 5.69 Å². The number of rotatable bonds is 3. The van der Waals surface area contributed by atoms with Crippen LogP contribution < -0.4 is 0 Å². The van der Waals surface area contributed by atoms with Gasteiger partial charge in [-0.25, -0.2) is 0 Å². The maximum absolute atomic E-state index is 4.31. The number of aryl methyl sites for hydroxylation is 3. The molecule has 2 heterocycles. The molecular weight excluding hydrogens is 291 g/mol. The van der Waals surface area contributed by atoms with Gasteiger partial charge in [-0.1, -0.05) is 0 Å². The van der Waals surface area contributed by atoms with Gasteiger partial charge in [-0.2, -0.15) is 10.2 Å². The van der Waals surface area contributed by atoms with Gasteiger partial charge in [-0.05, 0) is 34.7 Å². The fourth-order valence-electron chi connectivity index (χ4n) is 1.34. The first kappa shape index (κ1) is 9.70. The Balaban J connectivity index is 1.98. The van der Waals surface area contributed by atoms with E-state index in [0.29, 0.717) is 0 Å². The van der Waals surface area contributed by atoms with Gasteiger partial charge in [0.1, 0.15) is 3.70 Å². The maximum Gasteiger partial charge on any atom is 0.123 e. The molecule has 0 unspecified atom stereocenters. The van der Waals surface area contributed by atoms with Gasteiger partial charge in [0.15, 0.2) is 0 Å². The van der Waals surface area contributed by atoms with Crippen molar-refractivity contribution >= 4 is 22.6 Å². The lowest BCUT2D eigenvalue weighted by atomic mass is 10.3. The highest BCUT2D eigenvalue weighted by molar-refractivity contribution is 14.1. The number of hydrogen-bond donors (Lipinski definition) is 0. The Morgan fingerprint density at radius 3 is 2.86 bits per heavy atom. The van der Waals surface area contributed by atoms with Gasteiger partial charge in [-0.15, -0.1) is 0 Å². The van der Waals surface area contributed by atoms with E-state index in [1.165, 1.54) is 5.69 Å². The fraction of sp³-hybridized carbons (Fsp3) is 0.333. The monoisotopic (exact) mass is 302 g/mol. The van der Waals surface area contributed by atoms with Crippen LogP contribution >= 0.6 is 22.6 Å². The Morgan fingerprint density at radius 1 is 1.43 bits per heavy atom. The molecule has 2 rings (SSSR count). The van der Waals surface area contributed by atoms with Gasteiger partial charge < -0.3 is 0 Å². The van der Waals surface area contributed by atoms with E-state index in [1.54, 1.807) is 0 Å². The predicted molar refractivity (Wildman–Crippen MR) is 61.9 cm³/mol. The third-order valence-electron chi connectivity index (χ3n) is 2.13. The third kappa shape index (κ3) is 2.14. The molecule has 0 N–H and O–H groups in total. The molecule has 0 saturated carbocycles. The zero-order valence-electron chi connectivity index (χ0n) is 7.89. The molecule has 0 bridgehead atoms. The van der Waals surface area contributed by atoms with E-state index in [9.17, 15) is 0 Å². The van der Waals surface area contributed by atoms with Crippen LogP contribution in [0.5, 0.6) is 0 Å². The van der Waals surface area contributed by atoms with Crippen LogP contribution in [0.15, 0.2) is 24.5 Å². The largest absolute Gasteiger partial charge is 0.273 e. The molecule has 0 aliphatic carbocycles. The SMILES string of the molecule is Cn1nccc1CCn1ccc(I)n1. The topological polar surface area (TPSA) is 35.6 Å². The molecule has 0 amide bonds. The minimum atomic E-state index is 0.905. The summed E-state index contributed by atoms with van der Waals surface area (Å²) < 4.78 is 4.89. The van der Waals surface area contributed by atoms with Crippen LogP contribution in [0.25, 0.3) is 0 Å². The van der Waals surface area contributed by atoms with E-state index < -0.39 is 0 Å². The number of hydrogen-bond acceptors (Lipinski definition) is 2. The summed E-state index contributed by atoms with van der Waals surface area (Å²) in [5.41, 5.74) is 1.23. The van der Waals surface area contributed by atoms with Crippen molar-refractivity contribution in [2.75, 3.05) is 0 Å². The van der Waals surface area contributed by atoms with Gasteiger partial charge in [0, 0.05) is 38.1 Å². The first-order valence-electron chi connectivity index (χ1n) is 4.41. The van der Waals surface area contributed by atoms with Crippen molar-refractivity contribution in [3.63, 3.8) is 0 Å². The lowest BCUT2D eigenvalue weighted by molar-refractivity contribution is 0.583. The maximum atomic E-state index is 4.31. The Morgan fingerprint density at radius 2 is 2.29 bits per heavy atom. The number of aromatic nitrogens is 4. The van der Waals surface area contributed by atoms with Gasteiger partial charge in [0.2, 0.25) is 0 Å². The van der Waals surface area contributed by atoms with Crippen LogP contribution in [0.3, 0.4) is 0 Å². The molecule has 0 saturated heterocycles. The predicted octanol–water partition coefficient (Wildman–Crippen LogP) is 1.46. The van der Waals surface area contributed by atoms with Crippen molar-refractivity contribution < 1.29 is 0 Å². The first-order chi connectivity index (χ1) is 6.75. The lowest BCUT2D eigenvalue weighted by Crippen LogP contribution is -2.05. The van der Waals surface area contributed by atoms with Crippen molar-refractivity contribution in [3.8, 4) is 0 Å². The quantitative estimate of drug-likeness (QED) is 0.805.